The minimum absolute atomic E-state index is 0.191. The van der Waals surface area contributed by atoms with Crippen molar-refractivity contribution in [2.24, 2.45) is 0 Å². The second-order valence-corrected chi connectivity index (χ2v) is 5.69. The SMILES string of the molecule is Cc1ccccc1CCC(=O)c1ccc(OC2CC2)cc1. The lowest BCUT2D eigenvalue weighted by Gasteiger charge is -2.07. The monoisotopic (exact) mass is 280 g/mol. The Morgan fingerprint density at radius 3 is 2.48 bits per heavy atom. The minimum Gasteiger partial charge on any atom is -0.490 e. The van der Waals surface area contributed by atoms with E-state index >= 15 is 0 Å². The third kappa shape index (κ3) is 3.72. The van der Waals surface area contributed by atoms with Crippen LogP contribution in [0.15, 0.2) is 48.5 Å². The summed E-state index contributed by atoms with van der Waals surface area (Å²) in [5.74, 6) is 1.06. The fourth-order valence-corrected chi connectivity index (χ4v) is 2.38. The second kappa shape index (κ2) is 6.13. The lowest BCUT2D eigenvalue weighted by Crippen LogP contribution is -2.02. The van der Waals surface area contributed by atoms with Crippen LogP contribution in [0.2, 0.25) is 0 Å². The number of aryl methyl sites for hydroxylation is 2. The molecule has 0 amide bonds. The Balaban J connectivity index is 1.58. The van der Waals surface area contributed by atoms with Crippen molar-refractivity contribution < 1.29 is 9.53 Å². The van der Waals surface area contributed by atoms with Crippen LogP contribution in [0.3, 0.4) is 0 Å². The maximum absolute atomic E-state index is 12.2. The van der Waals surface area contributed by atoms with E-state index in [9.17, 15) is 4.79 Å². The van der Waals surface area contributed by atoms with Crippen molar-refractivity contribution in [3.63, 3.8) is 0 Å². The van der Waals surface area contributed by atoms with Crippen LogP contribution in [-0.4, -0.2) is 11.9 Å². The number of benzene rings is 2. The smallest absolute Gasteiger partial charge is 0.163 e. The topological polar surface area (TPSA) is 26.3 Å². The molecule has 2 heteroatoms. The maximum Gasteiger partial charge on any atom is 0.163 e. The summed E-state index contributed by atoms with van der Waals surface area (Å²) in [6.07, 6.45) is 4.04. The zero-order valence-corrected chi connectivity index (χ0v) is 12.3. The highest BCUT2D eigenvalue weighted by molar-refractivity contribution is 5.96. The molecule has 0 unspecified atom stereocenters. The zero-order valence-electron chi connectivity index (χ0n) is 12.3. The minimum atomic E-state index is 0.191. The second-order valence-electron chi connectivity index (χ2n) is 5.69. The van der Waals surface area contributed by atoms with Crippen molar-refractivity contribution in [3.8, 4) is 5.75 Å². The van der Waals surface area contributed by atoms with Crippen molar-refractivity contribution in [2.45, 2.75) is 38.7 Å². The van der Waals surface area contributed by atoms with Gasteiger partial charge in [-0.25, -0.2) is 0 Å². The summed E-state index contributed by atoms with van der Waals surface area (Å²) in [5.41, 5.74) is 3.27. The van der Waals surface area contributed by atoms with Crippen LogP contribution in [-0.2, 0) is 6.42 Å². The number of carbonyl (C=O) groups excluding carboxylic acids is 1. The maximum atomic E-state index is 12.2. The van der Waals surface area contributed by atoms with Gasteiger partial charge in [-0.15, -0.1) is 0 Å². The molecule has 0 spiro atoms. The van der Waals surface area contributed by atoms with Gasteiger partial charge in [0.1, 0.15) is 5.75 Å². The highest BCUT2D eigenvalue weighted by atomic mass is 16.5. The molecule has 0 aromatic heterocycles. The van der Waals surface area contributed by atoms with Crippen LogP contribution in [0.1, 0.15) is 40.7 Å². The number of carbonyl (C=O) groups is 1. The molecule has 0 heterocycles. The van der Waals surface area contributed by atoms with E-state index in [1.807, 2.05) is 36.4 Å². The molecule has 2 aromatic rings. The number of hydrogen-bond donors (Lipinski definition) is 0. The van der Waals surface area contributed by atoms with E-state index in [0.717, 1.165) is 30.6 Å². The molecule has 1 saturated carbocycles. The average molecular weight is 280 g/mol. The molecule has 1 aliphatic carbocycles. The normalized spacial score (nSPS) is 14.0. The van der Waals surface area contributed by atoms with Crippen LogP contribution >= 0.6 is 0 Å². The molecule has 0 N–H and O–H groups in total. The fraction of sp³-hybridized carbons (Fsp3) is 0.316. The van der Waals surface area contributed by atoms with Gasteiger partial charge in [0.15, 0.2) is 5.78 Å². The first-order chi connectivity index (χ1) is 10.2. The van der Waals surface area contributed by atoms with E-state index in [1.54, 1.807) is 0 Å². The van der Waals surface area contributed by atoms with Gasteiger partial charge in [-0.2, -0.15) is 0 Å². The van der Waals surface area contributed by atoms with E-state index in [1.165, 1.54) is 11.1 Å². The molecule has 1 fully saturated rings. The molecule has 3 rings (SSSR count). The number of hydrogen-bond acceptors (Lipinski definition) is 2. The Morgan fingerprint density at radius 2 is 1.81 bits per heavy atom. The summed E-state index contributed by atoms with van der Waals surface area (Å²) >= 11 is 0. The molecule has 2 nitrogen and oxygen atoms in total. The largest absolute Gasteiger partial charge is 0.490 e. The fourth-order valence-electron chi connectivity index (χ4n) is 2.38. The van der Waals surface area contributed by atoms with Crippen LogP contribution < -0.4 is 4.74 Å². The summed E-state index contributed by atoms with van der Waals surface area (Å²) in [6, 6.07) is 15.8. The molecule has 0 radical (unpaired) electrons. The first kappa shape index (κ1) is 13.9. The number of ether oxygens (including phenoxy) is 1. The van der Waals surface area contributed by atoms with Gasteiger partial charge in [0.2, 0.25) is 0 Å². The number of Topliss-reactive ketones (excluding diaryl/α,β-unsaturated/α-hetero) is 1. The van der Waals surface area contributed by atoms with Crippen molar-refractivity contribution in [1.29, 1.82) is 0 Å². The number of ketones is 1. The third-order valence-electron chi connectivity index (χ3n) is 3.89. The predicted octanol–water partition coefficient (Wildman–Crippen LogP) is 4.35. The molecule has 2 aromatic carbocycles. The highest BCUT2D eigenvalue weighted by Crippen LogP contribution is 2.26. The molecule has 0 saturated heterocycles. The lowest BCUT2D eigenvalue weighted by atomic mass is 10.00. The van der Waals surface area contributed by atoms with Crippen molar-refractivity contribution >= 4 is 5.78 Å². The van der Waals surface area contributed by atoms with Crippen molar-refractivity contribution in [3.05, 3.63) is 65.2 Å². The Bertz CT molecular complexity index is 624. The Morgan fingerprint density at radius 1 is 1.10 bits per heavy atom. The standard InChI is InChI=1S/C19H20O2/c1-14-4-2-3-5-15(14)8-13-19(20)16-6-9-17(10-7-16)21-18-11-12-18/h2-7,9-10,18H,8,11-13H2,1H3. The average Bonchev–Trinajstić information content (AvgIpc) is 3.31. The summed E-state index contributed by atoms with van der Waals surface area (Å²) in [5, 5.41) is 0. The predicted molar refractivity (Wildman–Crippen MR) is 83.9 cm³/mol. The van der Waals surface area contributed by atoms with E-state index in [0.29, 0.717) is 12.5 Å². The van der Waals surface area contributed by atoms with E-state index in [-0.39, 0.29) is 5.78 Å². The molecule has 108 valence electrons. The summed E-state index contributed by atoms with van der Waals surface area (Å²) in [6.45, 7) is 2.09. The molecule has 21 heavy (non-hydrogen) atoms. The number of rotatable bonds is 6. The van der Waals surface area contributed by atoms with E-state index < -0.39 is 0 Å². The van der Waals surface area contributed by atoms with Crippen LogP contribution in [0.25, 0.3) is 0 Å². The molecule has 0 aliphatic heterocycles. The van der Waals surface area contributed by atoms with Crippen LogP contribution in [0.4, 0.5) is 0 Å². The van der Waals surface area contributed by atoms with Gasteiger partial charge < -0.3 is 4.74 Å². The third-order valence-corrected chi connectivity index (χ3v) is 3.89. The Kier molecular flexibility index (Phi) is 4.05. The summed E-state index contributed by atoms with van der Waals surface area (Å²) in [7, 11) is 0. The van der Waals surface area contributed by atoms with Gasteiger partial charge in [-0.1, -0.05) is 24.3 Å². The van der Waals surface area contributed by atoms with Gasteiger partial charge in [0, 0.05) is 12.0 Å². The molecular weight excluding hydrogens is 260 g/mol. The first-order valence-electron chi connectivity index (χ1n) is 7.57. The quantitative estimate of drug-likeness (QED) is 0.735. The van der Waals surface area contributed by atoms with Crippen LogP contribution in [0.5, 0.6) is 5.75 Å². The van der Waals surface area contributed by atoms with Gasteiger partial charge >= 0.3 is 0 Å². The molecule has 0 atom stereocenters. The molecule has 0 bridgehead atoms. The van der Waals surface area contributed by atoms with Gasteiger partial charge in [0.25, 0.3) is 0 Å². The van der Waals surface area contributed by atoms with Gasteiger partial charge in [0.05, 0.1) is 6.10 Å². The summed E-state index contributed by atoms with van der Waals surface area (Å²) < 4.78 is 5.69. The Labute approximate surface area is 125 Å². The summed E-state index contributed by atoms with van der Waals surface area (Å²) in [4.78, 5) is 12.2. The zero-order chi connectivity index (χ0) is 14.7. The van der Waals surface area contributed by atoms with Gasteiger partial charge in [-0.3, -0.25) is 4.79 Å². The van der Waals surface area contributed by atoms with E-state index in [4.69, 9.17) is 4.74 Å². The first-order valence-corrected chi connectivity index (χ1v) is 7.57. The lowest BCUT2D eigenvalue weighted by molar-refractivity contribution is 0.0983. The molecular formula is C19H20O2. The van der Waals surface area contributed by atoms with Crippen molar-refractivity contribution in [2.75, 3.05) is 0 Å². The highest BCUT2D eigenvalue weighted by Gasteiger charge is 2.23. The van der Waals surface area contributed by atoms with Gasteiger partial charge in [-0.05, 0) is 61.6 Å². The van der Waals surface area contributed by atoms with Crippen molar-refractivity contribution in [1.82, 2.24) is 0 Å². The van der Waals surface area contributed by atoms with E-state index in [2.05, 4.69) is 19.1 Å². The molecule has 1 aliphatic rings. The Hall–Kier alpha value is -2.09. The van der Waals surface area contributed by atoms with Crippen LogP contribution in [0, 0.1) is 6.92 Å².